The van der Waals surface area contributed by atoms with Gasteiger partial charge in [0, 0.05) is 37.3 Å². The summed E-state index contributed by atoms with van der Waals surface area (Å²) < 4.78 is 0. The second kappa shape index (κ2) is 11.3. The fourth-order valence-corrected chi connectivity index (χ4v) is 3.98. The second-order valence-electron chi connectivity index (χ2n) is 12.3. The lowest BCUT2D eigenvalue weighted by atomic mass is 9.76. The van der Waals surface area contributed by atoms with Crippen molar-refractivity contribution in [2.45, 2.75) is 93.5 Å². The van der Waals surface area contributed by atoms with Crippen molar-refractivity contribution >= 4 is 35.6 Å². The molecule has 3 aliphatic rings. The van der Waals surface area contributed by atoms with E-state index >= 15 is 0 Å². The van der Waals surface area contributed by atoms with E-state index in [0.29, 0.717) is 32.2 Å². The third-order valence-electron chi connectivity index (χ3n) is 6.16. The first kappa shape index (κ1) is 30.3. The summed E-state index contributed by atoms with van der Waals surface area (Å²) >= 11 is 0. The molecule has 35 heavy (non-hydrogen) atoms. The van der Waals surface area contributed by atoms with Gasteiger partial charge in [0.25, 0.3) is 0 Å². The molecule has 3 rings (SSSR count). The van der Waals surface area contributed by atoms with Gasteiger partial charge in [0.05, 0.1) is 5.92 Å². The van der Waals surface area contributed by atoms with Crippen LogP contribution in [0.15, 0.2) is 0 Å². The lowest BCUT2D eigenvalue weighted by Crippen LogP contribution is -2.56. The van der Waals surface area contributed by atoms with Gasteiger partial charge < -0.3 is 4.90 Å². The minimum absolute atomic E-state index is 0.0183. The second-order valence-corrected chi connectivity index (χ2v) is 12.3. The first-order valence-corrected chi connectivity index (χ1v) is 12.0. The summed E-state index contributed by atoms with van der Waals surface area (Å²) in [5, 5.41) is 6.94. The van der Waals surface area contributed by atoms with Gasteiger partial charge in [-0.05, 0) is 38.0 Å². The van der Waals surface area contributed by atoms with Crippen LogP contribution in [0.2, 0.25) is 0 Å². The molecule has 10 nitrogen and oxygen atoms in total. The van der Waals surface area contributed by atoms with Crippen LogP contribution in [0.1, 0.15) is 88.0 Å². The van der Waals surface area contributed by atoms with Crippen LogP contribution in [0.25, 0.3) is 0 Å². The molecular formula is C25H42N4O6. The predicted molar refractivity (Wildman–Crippen MR) is 131 cm³/mol. The molecule has 0 saturated carbocycles. The molecule has 0 bridgehead atoms. The van der Waals surface area contributed by atoms with Gasteiger partial charge in [0.15, 0.2) is 0 Å². The molecule has 7 amide bonds. The zero-order valence-electron chi connectivity index (χ0n) is 22.6. The van der Waals surface area contributed by atoms with Crippen LogP contribution in [0.4, 0.5) is 4.79 Å². The number of nitrogens with zero attached hydrogens (tertiary/aromatic N) is 1. The van der Waals surface area contributed by atoms with Crippen molar-refractivity contribution in [3.8, 4) is 0 Å². The molecule has 3 saturated heterocycles. The van der Waals surface area contributed by atoms with Gasteiger partial charge in [-0.1, -0.05) is 41.5 Å². The fourth-order valence-electron chi connectivity index (χ4n) is 3.98. The van der Waals surface area contributed by atoms with E-state index in [0.717, 1.165) is 0 Å². The topological polar surface area (TPSA) is 142 Å². The Balaban J connectivity index is 0.000000263. The highest BCUT2D eigenvalue weighted by Gasteiger charge is 2.39. The van der Waals surface area contributed by atoms with E-state index in [9.17, 15) is 28.8 Å². The highest BCUT2D eigenvalue weighted by Crippen LogP contribution is 2.32. The Morgan fingerprint density at radius 3 is 1.43 bits per heavy atom. The van der Waals surface area contributed by atoms with E-state index in [4.69, 9.17) is 0 Å². The van der Waals surface area contributed by atoms with Gasteiger partial charge >= 0.3 is 6.03 Å². The largest absolute Gasteiger partial charge is 0.324 e. The maximum Gasteiger partial charge on any atom is 0.324 e. The third kappa shape index (κ3) is 9.41. The molecule has 3 heterocycles. The Hall–Kier alpha value is -2.78. The Morgan fingerprint density at radius 2 is 1.09 bits per heavy atom. The van der Waals surface area contributed by atoms with Gasteiger partial charge in [-0.3, -0.25) is 39.9 Å². The number of rotatable bonds is 0. The molecule has 0 aliphatic carbocycles. The molecule has 0 aromatic heterocycles. The van der Waals surface area contributed by atoms with Crippen LogP contribution in [0.3, 0.4) is 0 Å². The molecule has 10 heteroatoms. The van der Waals surface area contributed by atoms with Crippen molar-refractivity contribution in [3.63, 3.8) is 0 Å². The number of carbonyl (C=O) groups is 6. The normalized spacial score (nSPS) is 23.4. The minimum atomic E-state index is -0.279. The highest BCUT2D eigenvalue weighted by atomic mass is 16.2. The molecule has 3 fully saturated rings. The summed E-state index contributed by atoms with van der Waals surface area (Å²) in [5.41, 5.74) is -0.341. The van der Waals surface area contributed by atoms with Crippen LogP contribution in [-0.2, 0) is 24.0 Å². The van der Waals surface area contributed by atoms with Gasteiger partial charge in [-0.2, -0.15) is 0 Å². The minimum Gasteiger partial charge on any atom is -0.319 e. The van der Waals surface area contributed by atoms with Gasteiger partial charge in [0.1, 0.15) is 0 Å². The van der Waals surface area contributed by atoms with E-state index in [-0.39, 0.29) is 63.8 Å². The van der Waals surface area contributed by atoms with Crippen LogP contribution >= 0.6 is 0 Å². The smallest absolute Gasteiger partial charge is 0.319 e. The molecule has 3 N–H and O–H groups in total. The Morgan fingerprint density at radius 1 is 0.629 bits per heavy atom. The SMILES string of the molecule is CC(C)(C)C1CC(=O)NC1=O.CC(C)(C)C1CCC(=O)NC1=O.CC(C)(C)N1CCC(=O)NC1=O. The zero-order valence-corrected chi connectivity index (χ0v) is 22.6. The van der Waals surface area contributed by atoms with Gasteiger partial charge in [-0.25, -0.2) is 4.79 Å². The van der Waals surface area contributed by atoms with Crippen LogP contribution in [-0.4, -0.2) is 52.6 Å². The lowest BCUT2D eigenvalue weighted by Gasteiger charge is -2.37. The average Bonchev–Trinajstić information content (AvgIpc) is 2.99. The van der Waals surface area contributed by atoms with Crippen molar-refractivity contribution in [2.75, 3.05) is 6.54 Å². The molecule has 0 aromatic carbocycles. The molecule has 0 aromatic rings. The standard InChI is InChI=1S/C9H15NO2.C8H14N2O2.C8H13NO2/c1-9(2,3)6-4-5-7(11)10-8(6)12;1-8(2,3)10-5-4-6(11)9-7(10)12;1-8(2,3)5-4-6(10)9-7(5)11/h6H,4-5H2,1-3H3,(H,10,11,12);4-5H2,1-3H3,(H,9,11,12);5H,4H2,1-3H3,(H,9,10,11). The zero-order chi connectivity index (χ0) is 27.4. The predicted octanol–water partition coefficient (Wildman–Crippen LogP) is 2.51. The molecule has 2 atom stereocenters. The molecular weight excluding hydrogens is 452 g/mol. The molecule has 2 unspecified atom stereocenters. The number of imide groups is 3. The van der Waals surface area contributed by atoms with E-state index in [1.165, 1.54) is 0 Å². The van der Waals surface area contributed by atoms with Crippen molar-refractivity contribution in [3.05, 3.63) is 0 Å². The van der Waals surface area contributed by atoms with E-state index in [1.807, 2.05) is 62.3 Å². The van der Waals surface area contributed by atoms with Gasteiger partial charge in [-0.15, -0.1) is 0 Å². The van der Waals surface area contributed by atoms with Crippen LogP contribution in [0, 0.1) is 22.7 Å². The first-order chi connectivity index (χ1) is 15.7. The quantitative estimate of drug-likeness (QED) is 0.442. The molecule has 0 radical (unpaired) electrons. The number of urea groups is 1. The lowest BCUT2D eigenvalue weighted by molar-refractivity contribution is -0.139. The summed E-state index contributed by atoms with van der Waals surface area (Å²) in [7, 11) is 0. The maximum absolute atomic E-state index is 11.3. The summed E-state index contributed by atoms with van der Waals surface area (Å²) in [6.45, 7) is 18.3. The maximum atomic E-state index is 11.3. The third-order valence-corrected chi connectivity index (χ3v) is 6.16. The number of carbonyl (C=O) groups excluding carboxylic acids is 6. The van der Waals surface area contributed by atoms with E-state index in [2.05, 4.69) is 16.0 Å². The number of hydrogen-bond donors (Lipinski definition) is 3. The van der Waals surface area contributed by atoms with E-state index in [1.54, 1.807) is 4.90 Å². The van der Waals surface area contributed by atoms with Crippen molar-refractivity contribution in [1.82, 2.24) is 20.9 Å². The Kier molecular flexibility index (Phi) is 9.77. The number of piperidine rings is 1. The molecule has 3 aliphatic heterocycles. The summed E-state index contributed by atoms with van der Waals surface area (Å²) in [5.74, 6) is -0.859. The fraction of sp³-hybridized carbons (Fsp3) is 0.760. The average molecular weight is 495 g/mol. The molecule has 198 valence electrons. The first-order valence-electron chi connectivity index (χ1n) is 12.0. The van der Waals surface area contributed by atoms with Crippen molar-refractivity contribution in [1.29, 1.82) is 0 Å². The number of hydrogen-bond acceptors (Lipinski definition) is 6. The van der Waals surface area contributed by atoms with Crippen LogP contribution in [0.5, 0.6) is 0 Å². The summed E-state index contributed by atoms with van der Waals surface area (Å²) in [4.78, 5) is 67.7. The Labute approximate surface area is 208 Å². The van der Waals surface area contributed by atoms with Crippen LogP contribution < -0.4 is 16.0 Å². The number of nitrogens with one attached hydrogen (secondary N) is 3. The highest BCUT2D eigenvalue weighted by molar-refractivity contribution is 6.03. The number of amides is 7. The van der Waals surface area contributed by atoms with Gasteiger partial charge in [0.2, 0.25) is 29.5 Å². The van der Waals surface area contributed by atoms with E-state index < -0.39 is 0 Å². The van der Waals surface area contributed by atoms with Crippen molar-refractivity contribution in [2.24, 2.45) is 22.7 Å². The van der Waals surface area contributed by atoms with Crippen molar-refractivity contribution < 1.29 is 28.8 Å². The monoisotopic (exact) mass is 494 g/mol. The Bertz CT molecular complexity index is 813. The summed E-state index contributed by atoms with van der Waals surface area (Å²) in [6, 6.07) is -0.279. The summed E-state index contributed by atoms with van der Waals surface area (Å²) in [6.07, 6.45) is 1.92. The molecule has 0 spiro atoms.